The summed E-state index contributed by atoms with van der Waals surface area (Å²) in [6, 6.07) is 6.77. The Morgan fingerprint density at radius 1 is 1.25 bits per heavy atom. The monoisotopic (exact) mass is 310 g/mol. The molecule has 0 saturated heterocycles. The molecule has 0 heterocycles. The summed E-state index contributed by atoms with van der Waals surface area (Å²) in [5.74, 6) is -0.00772. The lowest BCUT2D eigenvalue weighted by Crippen LogP contribution is -2.06. The van der Waals surface area contributed by atoms with E-state index < -0.39 is 0 Å². The average Bonchev–Trinajstić information content (AvgIpc) is 2.04. The minimum Gasteiger partial charge on any atom is -0.292 e. The topological polar surface area (TPSA) is 17.1 Å². The van der Waals surface area contributed by atoms with Gasteiger partial charge in [-0.05, 0) is 24.3 Å². The van der Waals surface area contributed by atoms with E-state index in [9.17, 15) is 4.79 Å². The number of Topliss-reactive ketones (excluding diaryl/α,β-unsaturated/α-hetero) is 1. The Morgan fingerprint density at radius 3 is 2.17 bits per heavy atom. The summed E-state index contributed by atoms with van der Waals surface area (Å²) >= 11 is 11.9. The maximum Gasteiger partial charge on any atom is 0.187 e. The number of carbonyl (C=O) groups is 1. The van der Waals surface area contributed by atoms with Crippen LogP contribution in [-0.2, 0) is 0 Å². The van der Waals surface area contributed by atoms with Crippen LogP contribution in [0, 0.1) is 0 Å². The number of rotatable bonds is 2. The highest BCUT2D eigenvalue weighted by Gasteiger charge is 2.12. The van der Waals surface area contributed by atoms with E-state index in [1.807, 2.05) is 0 Å². The smallest absolute Gasteiger partial charge is 0.187 e. The van der Waals surface area contributed by atoms with Crippen LogP contribution in [0.1, 0.15) is 10.4 Å². The summed E-state index contributed by atoms with van der Waals surface area (Å²) in [6.07, 6.45) is 0. The van der Waals surface area contributed by atoms with Crippen LogP contribution in [0.4, 0.5) is 0 Å². The zero-order valence-corrected chi connectivity index (χ0v) is 9.86. The highest BCUT2D eigenvalue weighted by molar-refractivity contribution is 9.25. The van der Waals surface area contributed by atoms with Gasteiger partial charge in [0, 0.05) is 10.6 Å². The van der Waals surface area contributed by atoms with Crippen molar-refractivity contribution in [3.05, 3.63) is 34.9 Å². The molecule has 0 aliphatic heterocycles. The van der Waals surface area contributed by atoms with Gasteiger partial charge in [-0.3, -0.25) is 4.79 Å². The summed E-state index contributed by atoms with van der Waals surface area (Å²) in [4.78, 5) is 11.3. The molecule has 1 aromatic carbocycles. The van der Waals surface area contributed by atoms with E-state index in [1.165, 1.54) is 0 Å². The molecule has 0 radical (unpaired) electrons. The van der Waals surface area contributed by atoms with Crippen molar-refractivity contribution < 1.29 is 4.79 Å². The molecule has 0 unspecified atom stereocenters. The summed E-state index contributed by atoms with van der Waals surface area (Å²) < 4.78 is -0.328. The lowest BCUT2D eigenvalue weighted by atomic mass is 10.2. The number of halogens is 3. The lowest BCUT2D eigenvalue weighted by Gasteiger charge is -2.00. The Hall–Kier alpha value is 0.140. The fourth-order valence-electron chi connectivity index (χ4n) is 0.740. The number of hydrogen-bond acceptors (Lipinski definition) is 1. The predicted molar refractivity (Wildman–Crippen MR) is 57.4 cm³/mol. The molecule has 1 aromatic rings. The first-order valence-electron chi connectivity index (χ1n) is 3.19. The molecule has 4 heteroatoms. The van der Waals surface area contributed by atoms with E-state index in [1.54, 1.807) is 24.3 Å². The van der Waals surface area contributed by atoms with Crippen LogP contribution in [-0.4, -0.2) is 9.52 Å². The van der Waals surface area contributed by atoms with E-state index in [4.69, 9.17) is 11.6 Å². The third-order valence-electron chi connectivity index (χ3n) is 1.33. The van der Waals surface area contributed by atoms with Gasteiger partial charge in [0.25, 0.3) is 0 Å². The van der Waals surface area contributed by atoms with Gasteiger partial charge in [-0.2, -0.15) is 0 Å². The molecular formula is C8H5Br2ClO. The fourth-order valence-corrected chi connectivity index (χ4v) is 1.39. The first kappa shape index (κ1) is 10.2. The fraction of sp³-hybridized carbons (Fsp3) is 0.125. The van der Waals surface area contributed by atoms with E-state index in [0.717, 1.165) is 0 Å². The normalized spacial score (nSPS) is 10.3. The Balaban J connectivity index is 2.90. The summed E-state index contributed by atoms with van der Waals surface area (Å²) in [7, 11) is 0. The highest BCUT2D eigenvalue weighted by atomic mass is 79.9. The molecule has 0 atom stereocenters. The molecule has 0 bridgehead atoms. The minimum absolute atomic E-state index is 0.00772. The van der Waals surface area contributed by atoms with Gasteiger partial charge in [0.1, 0.15) is 3.74 Å². The number of hydrogen-bond donors (Lipinski definition) is 0. The Labute approximate surface area is 92.4 Å². The van der Waals surface area contributed by atoms with Gasteiger partial charge in [-0.25, -0.2) is 0 Å². The van der Waals surface area contributed by atoms with Crippen molar-refractivity contribution in [3.63, 3.8) is 0 Å². The van der Waals surface area contributed by atoms with Crippen molar-refractivity contribution in [2.75, 3.05) is 0 Å². The number of ketones is 1. The van der Waals surface area contributed by atoms with Crippen LogP contribution >= 0.6 is 43.5 Å². The van der Waals surface area contributed by atoms with Gasteiger partial charge in [-0.1, -0.05) is 43.5 Å². The van der Waals surface area contributed by atoms with Crippen LogP contribution in [0.2, 0.25) is 5.02 Å². The molecular weight excluding hydrogens is 307 g/mol. The summed E-state index contributed by atoms with van der Waals surface area (Å²) in [6.45, 7) is 0. The van der Waals surface area contributed by atoms with Crippen molar-refractivity contribution in [1.82, 2.24) is 0 Å². The van der Waals surface area contributed by atoms with Crippen LogP contribution in [0.15, 0.2) is 24.3 Å². The Bertz CT molecular complexity index is 282. The lowest BCUT2D eigenvalue weighted by molar-refractivity contribution is 0.101. The second-order valence-electron chi connectivity index (χ2n) is 2.17. The standard InChI is InChI=1S/C8H5Br2ClO/c9-8(10)7(12)5-1-3-6(11)4-2-5/h1-4,8H. The predicted octanol–water partition coefficient (Wildman–Crippen LogP) is 3.64. The van der Waals surface area contributed by atoms with E-state index >= 15 is 0 Å². The van der Waals surface area contributed by atoms with Crippen LogP contribution in [0.5, 0.6) is 0 Å². The Morgan fingerprint density at radius 2 is 1.75 bits per heavy atom. The number of alkyl halides is 2. The van der Waals surface area contributed by atoms with E-state index in [2.05, 4.69) is 31.9 Å². The molecule has 64 valence electrons. The van der Waals surface area contributed by atoms with Crippen molar-refractivity contribution >= 4 is 49.2 Å². The molecule has 0 aliphatic carbocycles. The van der Waals surface area contributed by atoms with E-state index in [0.29, 0.717) is 10.6 Å². The maximum atomic E-state index is 11.3. The molecule has 1 rings (SSSR count). The second kappa shape index (κ2) is 4.40. The molecule has 0 spiro atoms. The van der Waals surface area contributed by atoms with Gasteiger partial charge < -0.3 is 0 Å². The summed E-state index contributed by atoms with van der Waals surface area (Å²) in [5, 5.41) is 0.632. The van der Waals surface area contributed by atoms with Crippen molar-refractivity contribution in [3.8, 4) is 0 Å². The van der Waals surface area contributed by atoms with Crippen molar-refractivity contribution in [2.45, 2.75) is 3.74 Å². The van der Waals surface area contributed by atoms with Crippen LogP contribution in [0.3, 0.4) is 0 Å². The van der Waals surface area contributed by atoms with Crippen LogP contribution < -0.4 is 0 Å². The zero-order chi connectivity index (χ0) is 9.14. The SMILES string of the molecule is O=C(c1ccc(Cl)cc1)C(Br)Br. The van der Waals surface area contributed by atoms with E-state index in [-0.39, 0.29) is 9.52 Å². The third kappa shape index (κ3) is 2.57. The second-order valence-corrected chi connectivity index (χ2v) is 5.67. The number of benzene rings is 1. The number of carbonyl (C=O) groups excluding carboxylic acids is 1. The highest BCUT2D eigenvalue weighted by Crippen LogP contribution is 2.17. The Kier molecular flexibility index (Phi) is 3.75. The zero-order valence-electron chi connectivity index (χ0n) is 5.93. The van der Waals surface area contributed by atoms with Gasteiger partial charge in [0.15, 0.2) is 5.78 Å². The minimum atomic E-state index is -0.328. The van der Waals surface area contributed by atoms with Gasteiger partial charge in [-0.15, -0.1) is 0 Å². The molecule has 0 aliphatic rings. The molecule has 0 saturated carbocycles. The first-order chi connectivity index (χ1) is 5.61. The molecule has 0 N–H and O–H groups in total. The van der Waals surface area contributed by atoms with Gasteiger partial charge in [0.05, 0.1) is 0 Å². The average molecular weight is 312 g/mol. The molecule has 0 aromatic heterocycles. The van der Waals surface area contributed by atoms with Gasteiger partial charge in [0.2, 0.25) is 0 Å². The maximum absolute atomic E-state index is 11.3. The van der Waals surface area contributed by atoms with Gasteiger partial charge >= 0.3 is 0 Å². The first-order valence-corrected chi connectivity index (χ1v) is 5.40. The quantitative estimate of drug-likeness (QED) is 0.602. The molecule has 12 heavy (non-hydrogen) atoms. The third-order valence-corrected chi connectivity index (χ3v) is 2.41. The van der Waals surface area contributed by atoms with Crippen LogP contribution in [0.25, 0.3) is 0 Å². The molecule has 1 nitrogen and oxygen atoms in total. The molecule has 0 amide bonds. The largest absolute Gasteiger partial charge is 0.292 e. The summed E-state index contributed by atoms with van der Waals surface area (Å²) in [5.41, 5.74) is 0.637. The van der Waals surface area contributed by atoms with Crippen molar-refractivity contribution in [2.24, 2.45) is 0 Å². The molecule has 0 fully saturated rings. The van der Waals surface area contributed by atoms with Crippen molar-refractivity contribution in [1.29, 1.82) is 0 Å².